The third-order valence-electron chi connectivity index (χ3n) is 8.02. The van der Waals surface area contributed by atoms with Crippen molar-refractivity contribution in [3.05, 3.63) is 58.4 Å². The van der Waals surface area contributed by atoms with E-state index in [9.17, 15) is 23.1 Å². The van der Waals surface area contributed by atoms with Crippen LogP contribution in [0.15, 0.2) is 30.5 Å². The zero-order valence-corrected chi connectivity index (χ0v) is 20.9. The standard InChI is InChI=1S/C29H38F3NO2/c1-19(2)11-16-26(21-12-14-23(15-13-21)29(30,31)32)33-18-25(20-7-4-3-5-8-20)24-10-6-9-22(28(24)33)17-27(34)35/h12-15,18-20,22,26H,3-11,16-17H2,1-2H3,(H,34,35)/t22?,26-/m1/s1. The van der Waals surface area contributed by atoms with E-state index >= 15 is 0 Å². The molecular formula is C29H38F3NO2. The lowest BCUT2D eigenvalue weighted by Crippen LogP contribution is -2.21. The molecule has 0 radical (unpaired) electrons. The summed E-state index contributed by atoms with van der Waals surface area (Å²) < 4.78 is 42.0. The highest BCUT2D eigenvalue weighted by molar-refractivity contribution is 5.68. The van der Waals surface area contributed by atoms with E-state index in [1.807, 2.05) is 0 Å². The highest BCUT2D eigenvalue weighted by atomic mass is 19.4. The van der Waals surface area contributed by atoms with Gasteiger partial charge in [-0.25, -0.2) is 0 Å². The van der Waals surface area contributed by atoms with Crippen molar-refractivity contribution in [2.45, 2.75) is 109 Å². The van der Waals surface area contributed by atoms with Gasteiger partial charge in [0, 0.05) is 17.8 Å². The highest BCUT2D eigenvalue weighted by Gasteiger charge is 2.34. The maximum absolute atomic E-state index is 13.2. The van der Waals surface area contributed by atoms with E-state index in [1.165, 1.54) is 42.5 Å². The van der Waals surface area contributed by atoms with E-state index < -0.39 is 17.7 Å². The Morgan fingerprint density at radius 3 is 2.31 bits per heavy atom. The molecule has 0 saturated heterocycles. The lowest BCUT2D eigenvalue weighted by Gasteiger charge is -2.30. The Labute approximate surface area is 206 Å². The van der Waals surface area contributed by atoms with Crippen LogP contribution < -0.4 is 0 Å². The molecule has 1 heterocycles. The van der Waals surface area contributed by atoms with Gasteiger partial charge in [0.15, 0.2) is 0 Å². The minimum absolute atomic E-state index is 0.0513. The van der Waals surface area contributed by atoms with Gasteiger partial charge in [-0.05, 0) is 85.6 Å². The van der Waals surface area contributed by atoms with E-state index in [2.05, 4.69) is 24.6 Å². The summed E-state index contributed by atoms with van der Waals surface area (Å²) in [7, 11) is 0. The number of halogens is 3. The number of hydrogen-bond acceptors (Lipinski definition) is 1. The van der Waals surface area contributed by atoms with Crippen LogP contribution in [0.4, 0.5) is 13.2 Å². The SMILES string of the molecule is CC(C)CC[C@H](c1ccc(C(F)(F)F)cc1)n1cc(C2CCCCC2)c2c1C(CC(=O)O)CCC2. The number of aromatic nitrogens is 1. The maximum Gasteiger partial charge on any atom is 0.416 e. The molecule has 4 rings (SSSR count). The molecule has 1 aromatic carbocycles. The van der Waals surface area contributed by atoms with E-state index in [-0.39, 0.29) is 18.4 Å². The van der Waals surface area contributed by atoms with Crippen LogP contribution in [0.2, 0.25) is 0 Å². The van der Waals surface area contributed by atoms with Crippen LogP contribution in [0.1, 0.15) is 124 Å². The van der Waals surface area contributed by atoms with Crippen LogP contribution in [0.3, 0.4) is 0 Å². The Morgan fingerprint density at radius 1 is 1.03 bits per heavy atom. The summed E-state index contributed by atoms with van der Waals surface area (Å²) in [6.07, 6.45) is 8.61. The third-order valence-corrected chi connectivity index (χ3v) is 8.02. The summed E-state index contributed by atoms with van der Waals surface area (Å²) in [4.78, 5) is 11.8. The molecule has 35 heavy (non-hydrogen) atoms. The molecule has 0 aliphatic heterocycles. The molecule has 0 spiro atoms. The van der Waals surface area contributed by atoms with Crippen molar-refractivity contribution in [1.29, 1.82) is 0 Å². The molecule has 2 atom stereocenters. The van der Waals surface area contributed by atoms with Gasteiger partial charge in [-0.3, -0.25) is 4.79 Å². The largest absolute Gasteiger partial charge is 0.481 e. The number of benzene rings is 1. The van der Waals surface area contributed by atoms with Crippen LogP contribution >= 0.6 is 0 Å². The minimum Gasteiger partial charge on any atom is -0.481 e. The summed E-state index contributed by atoms with van der Waals surface area (Å²) in [5, 5.41) is 9.66. The summed E-state index contributed by atoms with van der Waals surface area (Å²) >= 11 is 0. The van der Waals surface area contributed by atoms with Crippen LogP contribution in [0.5, 0.6) is 0 Å². The van der Waals surface area contributed by atoms with Crippen molar-refractivity contribution in [3.8, 4) is 0 Å². The molecule has 1 aromatic heterocycles. The predicted octanol–water partition coefficient (Wildman–Crippen LogP) is 8.47. The van der Waals surface area contributed by atoms with Crippen molar-refractivity contribution in [2.75, 3.05) is 0 Å². The maximum atomic E-state index is 13.2. The van der Waals surface area contributed by atoms with Crippen LogP contribution in [0, 0.1) is 5.92 Å². The van der Waals surface area contributed by atoms with Crippen molar-refractivity contribution in [2.24, 2.45) is 5.92 Å². The van der Waals surface area contributed by atoms with E-state index in [0.29, 0.717) is 11.8 Å². The molecule has 192 valence electrons. The number of carbonyl (C=O) groups is 1. The van der Waals surface area contributed by atoms with Gasteiger partial charge < -0.3 is 9.67 Å². The first-order valence-corrected chi connectivity index (χ1v) is 13.3. The van der Waals surface area contributed by atoms with Crippen molar-refractivity contribution in [3.63, 3.8) is 0 Å². The fourth-order valence-corrected chi connectivity index (χ4v) is 6.28. The molecule has 6 heteroatoms. The average Bonchev–Trinajstić information content (AvgIpc) is 3.19. The van der Waals surface area contributed by atoms with Gasteiger partial charge >= 0.3 is 12.1 Å². The molecule has 2 aromatic rings. The number of carboxylic acid groups (broad SMARTS) is 1. The Hall–Kier alpha value is -2.24. The highest BCUT2D eigenvalue weighted by Crippen LogP contribution is 2.45. The second kappa shape index (κ2) is 10.8. The number of carboxylic acids is 1. The topological polar surface area (TPSA) is 42.2 Å². The number of fused-ring (bicyclic) bond motifs is 1. The summed E-state index contributed by atoms with van der Waals surface area (Å²) in [5.74, 6) is 0.124. The normalized spacial score (nSPS) is 20.1. The zero-order chi connectivity index (χ0) is 25.2. The van der Waals surface area contributed by atoms with Crippen molar-refractivity contribution in [1.82, 2.24) is 4.57 Å². The van der Waals surface area contributed by atoms with E-state index in [0.717, 1.165) is 56.2 Å². The predicted molar refractivity (Wildman–Crippen MR) is 132 cm³/mol. The van der Waals surface area contributed by atoms with Gasteiger partial charge in [-0.15, -0.1) is 0 Å². The molecule has 1 saturated carbocycles. The third kappa shape index (κ3) is 5.95. The molecule has 0 bridgehead atoms. The monoisotopic (exact) mass is 489 g/mol. The molecule has 2 aliphatic carbocycles. The summed E-state index contributed by atoms with van der Waals surface area (Å²) in [5.41, 5.74) is 4.07. The number of rotatable bonds is 8. The fourth-order valence-electron chi connectivity index (χ4n) is 6.28. The lowest BCUT2D eigenvalue weighted by molar-refractivity contribution is -0.138. The molecule has 1 N–H and O–H groups in total. The minimum atomic E-state index is -4.36. The van der Waals surface area contributed by atoms with E-state index in [1.54, 1.807) is 12.1 Å². The molecule has 1 unspecified atom stereocenters. The number of alkyl halides is 3. The first kappa shape index (κ1) is 25.8. The van der Waals surface area contributed by atoms with Gasteiger partial charge in [-0.1, -0.05) is 45.2 Å². The summed E-state index contributed by atoms with van der Waals surface area (Å²) in [6, 6.07) is 5.51. The van der Waals surface area contributed by atoms with Crippen molar-refractivity contribution < 1.29 is 23.1 Å². The van der Waals surface area contributed by atoms with Gasteiger partial charge in [-0.2, -0.15) is 13.2 Å². The van der Waals surface area contributed by atoms with Gasteiger partial charge in [0.05, 0.1) is 18.0 Å². The summed E-state index contributed by atoms with van der Waals surface area (Å²) in [6.45, 7) is 4.32. The molecular weight excluding hydrogens is 451 g/mol. The quantitative estimate of drug-likeness (QED) is 0.404. The van der Waals surface area contributed by atoms with Gasteiger partial charge in [0.1, 0.15) is 0 Å². The Morgan fingerprint density at radius 2 is 1.71 bits per heavy atom. The van der Waals surface area contributed by atoms with Crippen LogP contribution in [-0.2, 0) is 17.4 Å². The molecule has 0 amide bonds. The first-order valence-electron chi connectivity index (χ1n) is 13.3. The van der Waals surface area contributed by atoms with Gasteiger partial charge in [0.2, 0.25) is 0 Å². The average molecular weight is 490 g/mol. The Kier molecular flexibility index (Phi) is 7.97. The Bertz CT molecular complexity index is 1000. The number of aliphatic carboxylic acids is 1. The van der Waals surface area contributed by atoms with Crippen LogP contribution in [-0.4, -0.2) is 15.6 Å². The van der Waals surface area contributed by atoms with Gasteiger partial charge in [0.25, 0.3) is 0 Å². The molecule has 2 aliphatic rings. The van der Waals surface area contributed by atoms with Crippen LogP contribution in [0.25, 0.3) is 0 Å². The smallest absolute Gasteiger partial charge is 0.416 e. The first-order chi connectivity index (χ1) is 16.6. The van der Waals surface area contributed by atoms with Crippen molar-refractivity contribution >= 4 is 5.97 Å². The molecule has 3 nitrogen and oxygen atoms in total. The van der Waals surface area contributed by atoms with E-state index in [4.69, 9.17) is 0 Å². The lowest BCUT2D eigenvalue weighted by atomic mass is 9.78. The fraction of sp³-hybridized carbons (Fsp3) is 0.621. The number of hydrogen-bond donors (Lipinski definition) is 1. The Balaban J connectivity index is 1.82. The molecule has 1 fully saturated rings. The second-order valence-corrected chi connectivity index (χ2v) is 11.0. The number of nitrogens with zero attached hydrogens (tertiary/aromatic N) is 1. The second-order valence-electron chi connectivity index (χ2n) is 11.0. The zero-order valence-electron chi connectivity index (χ0n) is 20.9.